The second-order valence-corrected chi connectivity index (χ2v) is 7.89. The van der Waals surface area contributed by atoms with Crippen molar-refractivity contribution in [1.82, 2.24) is 0 Å². The number of hydrogen-bond donors (Lipinski definition) is 1. The van der Waals surface area contributed by atoms with Gasteiger partial charge in [-0.1, -0.05) is 30.0 Å². The molecule has 0 radical (unpaired) electrons. The first-order valence-corrected chi connectivity index (χ1v) is 10.3. The van der Waals surface area contributed by atoms with Crippen LogP contribution in [0.25, 0.3) is 0 Å². The number of thioether (sulfide) groups is 1. The molecule has 0 saturated carbocycles. The summed E-state index contributed by atoms with van der Waals surface area (Å²) >= 11 is 0.945. The molecule has 2 aromatic carbocycles. The smallest absolute Gasteiger partial charge is 0.416 e. The summed E-state index contributed by atoms with van der Waals surface area (Å²) in [6.45, 7) is 2.03. The van der Waals surface area contributed by atoms with Crippen LogP contribution in [0.5, 0.6) is 0 Å². The molecule has 1 aliphatic rings. The van der Waals surface area contributed by atoms with Crippen molar-refractivity contribution in [3.63, 3.8) is 0 Å². The van der Waals surface area contributed by atoms with Gasteiger partial charge in [0.1, 0.15) is 5.25 Å². The number of carboxylic acids is 1. The fraction of sp³-hybridized carbons (Fsp3) is 0.238. The highest BCUT2D eigenvalue weighted by Crippen LogP contribution is 2.33. The van der Waals surface area contributed by atoms with Crippen molar-refractivity contribution in [2.75, 3.05) is 16.8 Å². The number of amides is 2. The van der Waals surface area contributed by atoms with Gasteiger partial charge in [-0.25, -0.2) is 4.90 Å². The van der Waals surface area contributed by atoms with Gasteiger partial charge in [-0.2, -0.15) is 13.2 Å². The Bertz CT molecular complexity index is 1070. The second-order valence-electron chi connectivity index (χ2n) is 6.70. The number of carbonyl (C=O) groups is 3. The van der Waals surface area contributed by atoms with Crippen LogP contribution < -0.4 is 15.3 Å². The van der Waals surface area contributed by atoms with E-state index in [1.165, 1.54) is 36.4 Å². The van der Waals surface area contributed by atoms with Crippen molar-refractivity contribution in [3.05, 3.63) is 59.7 Å². The molecule has 2 amide bonds. The lowest BCUT2D eigenvalue weighted by Crippen LogP contribution is -2.32. The first-order valence-electron chi connectivity index (χ1n) is 9.43. The predicted octanol–water partition coefficient (Wildman–Crippen LogP) is 2.92. The van der Waals surface area contributed by atoms with E-state index in [0.717, 1.165) is 28.8 Å². The van der Waals surface area contributed by atoms with E-state index >= 15 is 0 Å². The molecule has 1 atom stereocenters. The van der Waals surface area contributed by atoms with E-state index in [2.05, 4.69) is 10.3 Å². The van der Waals surface area contributed by atoms with Gasteiger partial charge in [0.05, 0.1) is 17.2 Å². The molecule has 0 aromatic heterocycles. The third kappa shape index (κ3) is 5.28. The average Bonchev–Trinajstić information content (AvgIpc) is 3.00. The number of nitrogens with one attached hydrogen (secondary N) is 1. The largest absolute Gasteiger partial charge is 0.545 e. The van der Waals surface area contributed by atoms with Crippen LogP contribution in [0.4, 0.5) is 24.5 Å². The van der Waals surface area contributed by atoms with E-state index in [-0.39, 0.29) is 28.5 Å². The Morgan fingerprint density at radius 2 is 1.91 bits per heavy atom. The summed E-state index contributed by atoms with van der Waals surface area (Å²) < 4.78 is 38.9. The Morgan fingerprint density at radius 1 is 1.22 bits per heavy atom. The summed E-state index contributed by atoms with van der Waals surface area (Å²) in [6.07, 6.45) is -4.65. The summed E-state index contributed by atoms with van der Waals surface area (Å²) in [5.74, 6) is -2.40. The monoisotopic (exact) mass is 464 g/mol. The molecular weight excluding hydrogens is 447 g/mol. The maximum Gasteiger partial charge on any atom is 0.416 e. The van der Waals surface area contributed by atoms with E-state index in [9.17, 15) is 32.7 Å². The highest BCUT2D eigenvalue weighted by Gasteiger charge is 2.41. The number of benzene rings is 2. The summed E-state index contributed by atoms with van der Waals surface area (Å²) in [6, 6.07) is 9.67. The van der Waals surface area contributed by atoms with Gasteiger partial charge in [-0.05, 0) is 42.8 Å². The molecular formula is C21H17F3N3O4S-. The van der Waals surface area contributed by atoms with Crippen LogP contribution in [0.15, 0.2) is 53.5 Å². The van der Waals surface area contributed by atoms with E-state index in [4.69, 9.17) is 0 Å². The fourth-order valence-electron chi connectivity index (χ4n) is 3.00. The van der Waals surface area contributed by atoms with Crippen LogP contribution >= 0.6 is 11.8 Å². The van der Waals surface area contributed by atoms with Gasteiger partial charge in [0.25, 0.3) is 0 Å². The lowest BCUT2D eigenvalue weighted by atomic mass is 10.2. The van der Waals surface area contributed by atoms with Gasteiger partial charge in [0.15, 0.2) is 5.17 Å². The number of rotatable bonds is 5. The summed E-state index contributed by atoms with van der Waals surface area (Å²) in [5, 5.41) is 13.0. The SMILES string of the molecule is CCN=C(Nc1cccc(C(F)(F)F)c1)S[C@H]1CC(=O)N(c2ccc(C(=O)[O-])cc2)C1=O. The number of imide groups is 1. The zero-order valence-electron chi connectivity index (χ0n) is 16.7. The molecule has 0 aliphatic carbocycles. The van der Waals surface area contributed by atoms with Crippen molar-refractivity contribution in [2.45, 2.75) is 24.8 Å². The van der Waals surface area contributed by atoms with Crippen molar-refractivity contribution in [1.29, 1.82) is 0 Å². The minimum atomic E-state index is -4.51. The molecule has 11 heteroatoms. The molecule has 7 nitrogen and oxygen atoms in total. The first kappa shape index (κ1) is 23.3. The summed E-state index contributed by atoms with van der Waals surface area (Å²) in [7, 11) is 0. The molecule has 32 heavy (non-hydrogen) atoms. The molecule has 1 saturated heterocycles. The van der Waals surface area contributed by atoms with E-state index in [1.807, 2.05) is 0 Å². The fourth-order valence-corrected chi connectivity index (χ4v) is 4.08. The zero-order chi connectivity index (χ0) is 23.5. The number of halogens is 3. The minimum absolute atomic E-state index is 0.0959. The maximum absolute atomic E-state index is 13.0. The number of alkyl halides is 3. The molecule has 1 aliphatic heterocycles. The Morgan fingerprint density at radius 3 is 2.50 bits per heavy atom. The third-order valence-corrected chi connectivity index (χ3v) is 5.57. The van der Waals surface area contributed by atoms with Gasteiger partial charge in [-0.15, -0.1) is 0 Å². The number of carbonyl (C=O) groups excluding carboxylic acids is 3. The van der Waals surface area contributed by atoms with Gasteiger partial charge >= 0.3 is 6.18 Å². The second kappa shape index (κ2) is 9.43. The third-order valence-electron chi connectivity index (χ3n) is 4.46. The van der Waals surface area contributed by atoms with E-state index < -0.39 is 34.8 Å². The van der Waals surface area contributed by atoms with E-state index in [0.29, 0.717) is 6.54 Å². The number of hydrogen-bond acceptors (Lipinski definition) is 6. The van der Waals surface area contributed by atoms with Crippen LogP contribution in [0.1, 0.15) is 29.3 Å². The normalized spacial score (nSPS) is 17.1. The molecule has 3 rings (SSSR count). The minimum Gasteiger partial charge on any atom is -0.545 e. The molecule has 0 spiro atoms. The molecule has 0 bridgehead atoms. The van der Waals surface area contributed by atoms with Crippen LogP contribution in [-0.2, 0) is 15.8 Å². The molecule has 2 aromatic rings. The number of aliphatic imine (C=N–C) groups is 1. The molecule has 1 fully saturated rings. The molecule has 168 valence electrons. The first-order chi connectivity index (χ1) is 15.1. The predicted molar refractivity (Wildman–Crippen MR) is 112 cm³/mol. The molecule has 1 heterocycles. The lowest BCUT2D eigenvalue weighted by Gasteiger charge is -2.17. The number of aromatic carboxylic acids is 1. The van der Waals surface area contributed by atoms with Gasteiger partial charge in [0, 0.05) is 18.7 Å². The summed E-state index contributed by atoms with van der Waals surface area (Å²) in [4.78, 5) is 41.3. The lowest BCUT2D eigenvalue weighted by molar-refractivity contribution is -0.255. The Balaban J connectivity index is 1.76. The van der Waals surface area contributed by atoms with Crippen molar-refractivity contribution in [3.8, 4) is 0 Å². The number of amidine groups is 1. The maximum atomic E-state index is 13.0. The van der Waals surface area contributed by atoms with Crippen LogP contribution in [0, 0.1) is 0 Å². The van der Waals surface area contributed by atoms with Gasteiger partial charge < -0.3 is 15.2 Å². The van der Waals surface area contributed by atoms with Gasteiger partial charge in [-0.3, -0.25) is 14.6 Å². The van der Waals surface area contributed by atoms with E-state index in [1.54, 1.807) is 6.92 Å². The van der Waals surface area contributed by atoms with Gasteiger partial charge in [0.2, 0.25) is 11.8 Å². The summed E-state index contributed by atoms with van der Waals surface area (Å²) in [5.41, 5.74) is -0.568. The van der Waals surface area contributed by atoms with Crippen molar-refractivity contribution < 1.29 is 32.7 Å². The standard InChI is InChI=1S/C21H18F3N3O4S/c1-2-25-20(26-14-5-3-4-13(10-14)21(22,23)24)32-16-11-17(28)27(18(16)29)15-8-6-12(7-9-15)19(30)31/h3-10,16H,2,11H2,1H3,(H,25,26)(H,30,31)/p-1/t16-/m0/s1. The highest BCUT2D eigenvalue weighted by molar-refractivity contribution is 8.15. The Labute approximate surface area is 185 Å². The van der Waals surface area contributed by atoms with Crippen LogP contribution in [-0.4, -0.2) is 34.7 Å². The Kier molecular flexibility index (Phi) is 6.87. The number of anilines is 2. The van der Waals surface area contributed by atoms with Crippen LogP contribution in [0.2, 0.25) is 0 Å². The molecule has 1 N–H and O–H groups in total. The average molecular weight is 464 g/mol. The highest BCUT2D eigenvalue weighted by atomic mass is 32.2. The number of nitrogens with zero attached hydrogens (tertiary/aromatic N) is 2. The van der Waals surface area contributed by atoms with Crippen molar-refractivity contribution >= 4 is 46.1 Å². The topological polar surface area (TPSA) is 102 Å². The number of carboxylic acid groups (broad SMARTS) is 1. The van der Waals surface area contributed by atoms with Crippen molar-refractivity contribution in [2.24, 2.45) is 4.99 Å². The quantitative estimate of drug-likeness (QED) is 0.415. The Hall–Kier alpha value is -3.34. The van der Waals surface area contributed by atoms with Crippen LogP contribution in [0.3, 0.4) is 0 Å². The molecule has 0 unspecified atom stereocenters. The zero-order valence-corrected chi connectivity index (χ0v) is 17.5.